The van der Waals surface area contributed by atoms with Crippen LogP contribution in [0.15, 0.2) is 66.0 Å². The summed E-state index contributed by atoms with van der Waals surface area (Å²) < 4.78 is 5.43. The molecular formula is C26H28N4O4S. The minimum absolute atomic E-state index is 0.0385. The molecule has 0 saturated carbocycles. The van der Waals surface area contributed by atoms with E-state index in [9.17, 15) is 14.4 Å². The Morgan fingerprint density at radius 1 is 0.914 bits per heavy atom. The molecule has 1 aliphatic heterocycles. The van der Waals surface area contributed by atoms with Crippen LogP contribution >= 0.6 is 11.3 Å². The van der Waals surface area contributed by atoms with Crippen molar-refractivity contribution >= 4 is 40.4 Å². The van der Waals surface area contributed by atoms with Gasteiger partial charge in [0.2, 0.25) is 5.91 Å². The monoisotopic (exact) mass is 492 g/mol. The van der Waals surface area contributed by atoms with Gasteiger partial charge in [-0.05, 0) is 54.8 Å². The maximum Gasteiger partial charge on any atom is 0.264 e. The van der Waals surface area contributed by atoms with E-state index in [2.05, 4.69) is 10.6 Å². The van der Waals surface area contributed by atoms with E-state index in [1.54, 1.807) is 48.5 Å². The van der Waals surface area contributed by atoms with Crippen molar-refractivity contribution in [3.8, 4) is 5.75 Å². The number of thiophene rings is 1. The molecule has 1 aromatic heterocycles. The van der Waals surface area contributed by atoms with Crippen LogP contribution in [0.25, 0.3) is 0 Å². The molecule has 182 valence electrons. The first-order valence-corrected chi connectivity index (χ1v) is 12.4. The number of nitrogens with zero attached hydrogens (tertiary/aromatic N) is 2. The second-order valence-corrected chi connectivity index (χ2v) is 9.00. The Bertz CT molecular complexity index is 1160. The Kier molecular flexibility index (Phi) is 8.12. The molecule has 3 aromatic rings. The number of nitrogens with one attached hydrogen (secondary N) is 2. The maximum absolute atomic E-state index is 12.9. The lowest BCUT2D eigenvalue weighted by molar-refractivity contribution is -0.117. The molecule has 0 unspecified atom stereocenters. The predicted octanol–water partition coefficient (Wildman–Crippen LogP) is 3.80. The molecule has 2 N–H and O–H groups in total. The number of carbonyl (C=O) groups excluding carboxylic acids is 3. The molecule has 0 aliphatic carbocycles. The smallest absolute Gasteiger partial charge is 0.264 e. The van der Waals surface area contributed by atoms with E-state index in [1.165, 1.54) is 11.3 Å². The van der Waals surface area contributed by atoms with Crippen LogP contribution < -0.4 is 15.4 Å². The first-order chi connectivity index (χ1) is 17.0. The zero-order chi connectivity index (χ0) is 24.6. The van der Waals surface area contributed by atoms with Crippen LogP contribution in [-0.2, 0) is 4.79 Å². The molecule has 0 atom stereocenters. The molecular weight excluding hydrogens is 464 g/mol. The van der Waals surface area contributed by atoms with Gasteiger partial charge < -0.3 is 20.3 Å². The molecule has 0 radical (unpaired) electrons. The van der Waals surface area contributed by atoms with Gasteiger partial charge in [-0.2, -0.15) is 0 Å². The van der Waals surface area contributed by atoms with Gasteiger partial charge in [-0.15, -0.1) is 11.3 Å². The van der Waals surface area contributed by atoms with Crippen molar-refractivity contribution in [2.75, 3.05) is 50.0 Å². The molecule has 0 spiro atoms. The second-order valence-electron chi connectivity index (χ2n) is 8.05. The third-order valence-corrected chi connectivity index (χ3v) is 6.49. The van der Waals surface area contributed by atoms with E-state index in [0.29, 0.717) is 49.7 Å². The number of anilines is 2. The quantitative estimate of drug-likeness (QED) is 0.499. The molecule has 1 saturated heterocycles. The summed E-state index contributed by atoms with van der Waals surface area (Å²) in [5, 5.41) is 7.62. The average molecular weight is 493 g/mol. The van der Waals surface area contributed by atoms with Gasteiger partial charge in [0.1, 0.15) is 5.75 Å². The Labute approximate surface area is 208 Å². The number of para-hydroxylation sites is 1. The van der Waals surface area contributed by atoms with Crippen LogP contribution in [-0.4, -0.2) is 66.9 Å². The minimum atomic E-state index is -0.314. The second kappa shape index (κ2) is 11.6. The zero-order valence-electron chi connectivity index (χ0n) is 19.5. The van der Waals surface area contributed by atoms with Gasteiger partial charge in [-0.3, -0.25) is 19.3 Å². The summed E-state index contributed by atoms with van der Waals surface area (Å²) in [7, 11) is 0. The van der Waals surface area contributed by atoms with Crippen LogP contribution in [0.1, 0.15) is 27.0 Å². The largest absolute Gasteiger partial charge is 0.494 e. The van der Waals surface area contributed by atoms with E-state index in [4.69, 9.17) is 4.74 Å². The molecule has 4 rings (SSSR count). The van der Waals surface area contributed by atoms with E-state index in [-0.39, 0.29) is 24.3 Å². The average Bonchev–Trinajstić information content (AvgIpc) is 3.41. The predicted molar refractivity (Wildman–Crippen MR) is 137 cm³/mol. The zero-order valence-corrected chi connectivity index (χ0v) is 20.3. The first kappa shape index (κ1) is 24.4. The van der Waals surface area contributed by atoms with Gasteiger partial charge in [0.25, 0.3) is 11.8 Å². The van der Waals surface area contributed by atoms with Crippen molar-refractivity contribution in [2.24, 2.45) is 0 Å². The lowest BCUT2D eigenvalue weighted by Crippen LogP contribution is -2.50. The fourth-order valence-electron chi connectivity index (χ4n) is 3.85. The fraction of sp³-hybridized carbons (Fsp3) is 0.269. The number of hydrogen-bond donors (Lipinski definition) is 2. The topological polar surface area (TPSA) is 91.0 Å². The highest BCUT2D eigenvalue weighted by atomic mass is 32.1. The number of rotatable bonds is 8. The highest BCUT2D eigenvalue weighted by molar-refractivity contribution is 7.12. The number of hydrogen-bond acceptors (Lipinski definition) is 6. The van der Waals surface area contributed by atoms with E-state index < -0.39 is 0 Å². The summed E-state index contributed by atoms with van der Waals surface area (Å²) in [5.41, 5.74) is 1.46. The summed E-state index contributed by atoms with van der Waals surface area (Å²) in [4.78, 5) is 42.7. The van der Waals surface area contributed by atoms with Crippen molar-refractivity contribution in [3.05, 3.63) is 76.5 Å². The van der Waals surface area contributed by atoms with E-state index in [1.807, 2.05) is 34.2 Å². The van der Waals surface area contributed by atoms with Crippen molar-refractivity contribution in [1.29, 1.82) is 0 Å². The Morgan fingerprint density at radius 3 is 2.34 bits per heavy atom. The molecule has 2 aromatic carbocycles. The third kappa shape index (κ3) is 6.46. The summed E-state index contributed by atoms with van der Waals surface area (Å²) in [6.07, 6.45) is 0. The molecule has 35 heavy (non-hydrogen) atoms. The molecule has 1 fully saturated rings. The van der Waals surface area contributed by atoms with Gasteiger partial charge in [0.05, 0.1) is 29.3 Å². The summed E-state index contributed by atoms with van der Waals surface area (Å²) in [6, 6.07) is 17.7. The van der Waals surface area contributed by atoms with Crippen LogP contribution in [0, 0.1) is 0 Å². The number of amides is 3. The molecule has 9 heteroatoms. The Morgan fingerprint density at radius 2 is 1.66 bits per heavy atom. The van der Waals surface area contributed by atoms with E-state index >= 15 is 0 Å². The van der Waals surface area contributed by atoms with Crippen LogP contribution in [0.4, 0.5) is 11.4 Å². The molecule has 1 aliphatic rings. The summed E-state index contributed by atoms with van der Waals surface area (Å²) >= 11 is 1.44. The highest BCUT2D eigenvalue weighted by Crippen LogP contribution is 2.20. The van der Waals surface area contributed by atoms with Gasteiger partial charge in [0, 0.05) is 31.9 Å². The minimum Gasteiger partial charge on any atom is -0.494 e. The van der Waals surface area contributed by atoms with E-state index in [0.717, 1.165) is 10.6 Å². The molecule has 3 amide bonds. The molecule has 8 nitrogen and oxygen atoms in total. The number of piperazine rings is 1. The number of benzene rings is 2. The Hall–Kier alpha value is -3.69. The standard InChI is InChI=1S/C26H28N4O4S/c1-2-34-20-11-9-19(10-12-20)27-25(32)21-6-3-4-7-22(21)28-24(31)18-29-13-15-30(16-14-29)26(33)23-8-5-17-35-23/h3-12,17H,2,13-16,18H2,1H3,(H,27,32)(H,28,31). The summed E-state index contributed by atoms with van der Waals surface area (Å²) in [6.45, 7) is 5.05. The lowest BCUT2D eigenvalue weighted by Gasteiger charge is -2.34. The SMILES string of the molecule is CCOc1ccc(NC(=O)c2ccccc2NC(=O)CN2CCN(C(=O)c3cccs3)CC2)cc1. The summed E-state index contributed by atoms with van der Waals surface area (Å²) in [5.74, 6) is 0.251. The molecule has 0 bridgehead atoms. The molecule has 2 heterocycles. The van der Waals surface area contributed by atoms with Crippen molar-refractivity contribution in [1.82, 2.24) is 9.80 Å². The van der Waals surface area contributed by atoms with Gasteiger partial charge >= 0.3 is 0 Å². The van der Waals surface area contributed by atoms with Crippen molar-refractivity contribution in [2.45, 2.75) is 6.92 Å². The Balaban J connectivity index is 1.30. The number of ether oxygens (including phenoxy) is 1. The fourth-order valence-corrected chi connectivity index (χ4v) is 4.54. The lowest BCUT2D eigenvalue weighted by atomic mass is 10.1. The normalized spacial score (nSPS) is 13.8. The maximum atomic E-state index is 12.9. The van der Waals surface area contributed by atoms with Crippen LogP contribution in [0.3, 0.4) is 0 Å². The van der Waals surface area contributed by atoms with Crippen LogP contribution in [0.5, 0.6) is 5.75 Å². The van der Waals surface area contributed by atoms with Gasteiger partial charge in [-0.25, -0.2) is 0 Å². The highest BCUT2D eigenvalue weighted by Gasteiger charge is 2.24. The van der Waals surface area contributed by atoms with Gasteiger partial charge in [0.15, 0.2) is 0 Å². The third-order valence-electron chi connectivity index (χ3n) is 5.63. The van der Waals surface area contributed by atoms with Crippen LogP contribution in [0.2, 0.25) is 0 Å². The number of carbonyl (C=O) groups is 3. The van der Waals surface area contributed by atoms with Crippen molar-refractivity contribution in [3.63, 3.8) is 0 Å². The van der Waals surface area contributed by atoms with Crippen molar-refractivity contribution < 1.29 is 19.1 Å². The van der Waals surface area contributed by atoms with Gasteiger partial charge in [-0.1, -0.05) is 18.2 Å². The first-order valence-electron chi connectivity index (χ1n) is 11.5.